The van der Waals surface area contributed by atoms with Crippen molar-refractivity contribution in [3.8, 4) is 34.0 Å². The van der Waals surface area contributed by atoms with Crippen LogP contribution in [0.25, 0.3) is 28.2 Å². The first-order valence-corrected chi connectivity index (χ1v) is 8.79. The molecule has 1 N–H and O–H groups in total. The van der Waals surface area contributed by atoms with Crippen molar-refractivity contribution >= 4 is 12.2 Å². The Morgan fingerprint density at radius 1 is 0.769 bits per heavy atom. The molecule has 0 aliphatic heterocycles. The molecule has 0 aliphatic rings. The van der Waals surface area contributed by atoms with Gasteiger partial charge in [0.15, 0.2) is 4.77 Å². The first-order valence-electron chi connectivity index (χ1n) is 8.38. The van der Waals surface area contributed by atoms with Crippen LogP contribution >= 0.6 is 12.2 Å². The molecule has 1 aromatic heterocycles. The number of ether oxygens (including phenoxy) is 1. The molecule has 0 bridgehead atoms. The Labute approximate surface area is 157 Å². The lowest BCUT2D eigenvalue weighted by Crippen LogP contribution is -1.98. The zero-order valence-electron chi connectivity index (χ0n) is 14.3. The van der Waals surface area contributed by atoms with Gasteiger partial charge in [0, 0.05) is 16.8 Å². The van der Waals surface area contributed by atoms with E-state index in [2.05, 4.69) is 33.8 Å². The lowest BCUT2D eigenvalue weighted by atomic mass is 10.0. The third-order valence-corrected chi connectivity index (χ3v) is 4.62. The van der Waals surface area contributed by atoms with Gasteiger partial charge in [-0.3, -0.25) is 4.57 Å². The van der Waals surface area contributed by atoms with Crippen molar-refractivity contribution in [1.82, 2.24) is 9.55 Å². The van der Waals surface area contributed by atoms with Gasteiger partial charge in [0.05, 0.1) is 18.5 Å². The maximum atomic E-state index is 5.68. The highest BCUT2D eigenvalue weighted by Gasteiger charge is 2.16. The number of nitrogens with zero attached hydrogens (tertiary/aromatic N) is 1. The summed E-state index contributed by atoms with van der Waals surface area (Å²) in [4.78, 5) is 3.40. The number of H-pyrrole nitrogens is 1. The van der Waals surface area contributed by atoms with Crippen LogP contribution in [-0.4, -0.2) is 16.7 Å². The second-order valence-corrected chi connectivity index (χ2v) is 6.31. The molecule has 0 fully saturated rings. The zero-order valence-corrected chi connectivity index (χ0v) is 15.2. The molecule has 0 saturated carbocycles. The molecule has 0 amide bonds. The average molecular weight is 358 g/mol. The molecule has 3 aromatic carbocycles. The number of hydrogen-bond acceptors (Lipinski definition) is 2. The largest absolute Gasteiger partial charge is 0.497 e. The van der Waals surface area contributed by atoms with Gasteiger partial charge >= 0.3 is 0 Å². The number of rotatable bonds is 4. The maximum absolute atomic E-state index is 5.68. The van der Waals surface area contributed by atoms with Crippen LogP contribution in [0.3, 0.4) is 0 Å². The normalized spacial score (nSPS) is 10.7. The monoisotopic (exact) mass is 358 g/mol. The second-order valence-electron chi connectivity index (χ2n) is 5.92. The number of hydrogen-bond donors (Lipinski definition) is 1. The first-order chi connectivity index (χ1) is 12.8. The van der Waals surface area contributed by atoms with Crippen LogP contribution in [-0.2, 0) is 0 Å². The highest BCUT2D eigenvalue weighted by molar-refractivity contribution is 7.71. The molecule has 3 nitrogen and oxygen atoms in total. The molecule has 4 rings (SSSR count). The minimum atomic E-state index is 0.660. The molecule has 0 saturated heterocycles. The molecule has 0 radical (unpaired) electrons. The zero-order chi connectivity index (χ0) is 17.9. The van der Waals surface area contributed by atoms with Crippen molar-refractivity contribution in [1.29, 1.82) is 0 Å². The number of benzene rings is 3. The molecule has 128 valence electrons. The van der Waals surface area contributed by atoms with Gasteiger partial charge in [0.25, 0.3) is 0 Å². The lowest BCUT2D eigenvalue weighted by Gasteiger charge is -2.11. The van der Waals surface area contributed by atoms with Crippen molar-refractivity contribution < 1.29 is 4.74 Å². The van der Waals surface area contributed by atoms with Crippen LogP contribution < -0.4 is 4.74 Å². The third-order valence-electron chi connectivity index (χ3n) is 4.34. The van der Waals surface area contributed by atoms with E-state index in [0.29, 0.717) is 4.77 Å². The van der Waals surface area contributed by atoms with Gasteiger partial charge < -0.3 is 9.72 Å². The van der Waals surface area contributed by atoms with E-state index < -0.39 is 0 Å². The lowest BCUT2D eigenvalue weighted by molar-refractivity contribution is 0.414. The summed E-state index contributed by atoms with van der Waals surface area (Å²) in [5.41, 5.74) is 5.26. The number of methoxy groups -OCH3 is 1. The molecule has 4 aromatic rings. The fraction of sp³-hybridized carbons (Fsp3) is 0.0455. The second kappa shape index (κ2) is 7.02. The Hall–Kier alpha value is -3.11. The summed E-state index contributed by atoms with van der Waals surface area (Å²) >= 11 is 5.68. The van der Waals surface area contributed by atoms with Crippen molar-refractivity contribution in [3.05, 3.63) is 89.7 Å². The van der Waals surface area contributed by atoms with Crippen LogP contribution in [0.5, 0.6) is 5.75 Å². The van der Waals surface area contributed by atoms with Gasteiger partial charge in [-0.05, 0) is 36.5 Å². The average Bonchev–Trinajstić information content (AvgIpc) is 3.06. The number of imidazole rings is 1. The van der Waals surface area contributed by atoms with E-state index in [1.165, 1.54) is 0 Å². The molecular weight excluding hydrogens is 340 g/mol. The molecule has 0 spiro atoms. The fourth-order valence-electron chi connectivity index (χ4n) is 3.10. The van der Waals surface area contributed by atoms with Gasteiger partial charge in [-0.15, -0.1) is 0 Å². The van der Waals surface area contributed by atoms with Crippen LogP contribution in [0.2, 0.25) is 0 Å². The number of nitrogens with one attached hydrogen (secondary N) is 1. The summed E-state index contributed by atoms with van der Waals surface area (Å²) in [5, 5.41) is 0. The summed E-state index contributed by atoms with van der Waals surface area (Å²) in [5.74, 6) is 0.820. The van der Waals surface area contributed by atoms with E-state index in [1.54, 1.807) is 7.11 Å². The highest BCUT2D eigenvalue weighted by atomic mass is 32.1. The minimum absolute atomic E-state index is 0.660. The minimum Gasteiger partial charge on any atom is -0.497 e. The van der Waals surface area contributed by atoms with E-state index in [-0.39, 0.29) is 0 Å². The first kappa shape index (κ1) is 16.4. The fourth-order valence-corrected chi connectivity index (χ4v) is 3.39. The van der Waals surface area contributed by atoms with E-state index in [9.17, 15) is 0 Å². The summed E-state index contributed by atoms with van der Waals surface area (Å²) in [7, 11) is 1.67. The van der Waals surface area contributed by atoms with E-state index in [0.717, 1.165) is 34.0 Å². The van der Waals surface area contributed by atoms with Gasteiger partial charge in [-0.25, -0.2) is 0 Å². The molecule has 26 heavy (non-hydrogen) atoms. The maximum Gasteiger partial charge on any atom is 0.182 e. The molecule has 0 aliphatic carbocycles. The van der Waals surface area contributed by atoms with Gasteiger partial charge in [0.1, 0.15) is 5.75 Å². The summed E-state index contributed by atoms with van der Waals surface area (Å²) in [6, 6.07) is 28.5. The highest BCUT2D eigenvalue weighted by Crippen LogP contribution is 2.34. The van der Waals surface area contributed by atoms with Gasteiger partial charge in [-0.2, -0.15) is 0 Å². The SMILES string of the molecule is COc1ccc(-n2c(-c3ccccc3)c(-c3ccccc3)[nH]c2=S)cc1. The van der Waals surface area contributed by atoms with E-state index in [4.69, 9.17) is 17.0 Å². The Morgan fingerprint density at radius 2 is 1.35 bits per heavy atom. The van der Waals surface area contributed by atoms with E-state index in [1.807, 2.05) is 60.7 Å². The van der Waals surface area contributed by atoms with Crippen molar-refractivity contribution in [3.63, 3.8) is 0 Å². The number of aromatic nitrogens is 2. The van der Waals surface area contributed by atoms with Crippen molar-refractivity contribution in [2.75, 3.05) is 7.11 Å². The van der Waals surface area contributed by atoms with Gasteiger partial charge in [0.2, 0.25) is 0 Å². The molecule has 1 heterocycles. The van der Waals surface area contributed by atoms with Crippen molar-refractivity contribution in [2.45, 2.75) is 0 Å². The summed E-state index contributed by atoms with van der Waals surface area (Å²) in [6.45, 7) is 0. The quantitative estimate of drug-likeness (QED) is 0.462. The van der Waals surface area contributed by atoms with Crippen LogP contribution in [0.4, 0.5) is 0 Å². The topological polar surface area (TPSA) is 29.9 Å². The Balaban J connectivity index is 1.99. The summed E-state index contributed by atoms with van der Waals surface area (Å²) < 4.78 is 8.02. The Morgan fingerprint density at radius 3 is 1.92 bits per heavy atom. The predicted molar refractivity (Wildman–Crippen MR) is 108 cm³/mol. The molecule has 4 heteroatoms. The predicted octanol–water partition coefficient (Wildman–Crippen LogP) is 5.88. The molecular formula is C22H18N2OS. The van der Waals surface area contributed by atoms with Gasteiger partial charge in [-0.1, -0.05) is 60.7 Å². The molecule has 0 unspecified atom stereocenters. The van der Waals surface area contributed by atoms with Crippen LogP contribution in [0.1, 0.15) is 0 Å². The summed E-state index contributed by atoms with van der Waals surface area (Å²) in [6.07, 6.45) is 0. The standard InChI is InChI=1S/C22H18N2OS/c1-25-19-14-12-18(13-15-19)24-21(17-10-6-3-7-11-17)20(23-22(24)26)16-8-4-2-5-9-16/h2-15H,1H3,(H,23,26). The third kappa shape index (κ3) is 2.95. The number of aromatic amines is 1. The van der Waals surface area contributed by atoms with Crippen molar-refractivity contribution in [2.24, 2.45) is 0 Å². The molecule has 0 atom stereocenters. The smallest absolute Gasteiger partial charge is 0.182 e. The Bertz CT molecular complexity index is 1060. The van der Waals surface area contributed by atoms with Crippen LogP contribution in [0.15, 0.2) is 84.9 Å². The van der Waals surface area contributed by atoms with Crippen LogP contribution in [0, 0.1) is 4.77 Å². The Kier molecular flexibility index (Phi) is 4.42. The van der Waals surface area contributed by atoms with E-state index >= 15 is 0 Å².